The highest BCUT2D eigenvalue weighted by Gasteiger charge is 2.21. The Hall–Kier alpha value is -2.87. The molecule has 0 aliphatic rings. The van der Waals surface area contributed by atoms with Gasteiger partial charge in [0.1, 0.15) is 5.82 Å². The number of halogens is 1. The number of carbonyl (C=O) groups excluding carboxylic acids is 1. The van der Waals surface area contributed by atoms with Crippen molar-refractivity contribution in [3.8, 4) is 11.4 Å². The Labute approximate surface area is 167 Å². The number of anilines is 1. The van der Waals surface area contributed by atoms with Crippen LogP contribution in [0.5, 0.6) is 0 Å². The summed E-state index contributed by atoms with van der Waals surface area (Å²) in [6.45, 7) is 5.93. The molecule has 0 radical (unpaired) electrons. The van der Waals surface area contributed by atoms with Crippen LogP contribution in [0.4, 0.5) is 10.1 Å². The third kappa shape index (κ3) is 4.33. The Bertz CT molecular complexity index is 988. The summed E-state index contributed by atoms with van der Waals surface area (Å²) >= 11 is 1.19. The summed E-state index contributed by atoms with van der Waals surface area (Å²) in [6, 6.07) is 13.7. The average molecular weight is 399 g/mol. The molecule has 3 aromatic rings. The van der Waals surface area contributed by atoms with Crippen molar-refractivity contribution in [3.63, 3.8) is 0 Å². The highest BCUT2D eigenvalue weighted by atomic mass is 32.2. The van der Waals surface area contributed by atoms with Crippen LogP contribution >= 0.6 is 11.8 Å². The first-order valence-electron chi connectivity index (χ1n) is 8.89. The molecule has 0 bridgehead atoms. The van der Waals surface area contributed by atoms with Gasteiger partial charge < -0.3 is 11.2 Å². The number of hydrogen-bond acceptors (Lipinski definition) is 5. The lowest BCUT2D eigenvalue weighted by Gasteiger charge is -2.16. The van der Waals surface area contributed by atoms with E-state index >= 15 is 0 Å². The molecule has 146 valence electrons. The fraction of sp³-hybridized carbons (Fsp3) is 0.250. The van der Waals surface area contributed by atoms with E-state index < -0.39 is 5.25 Å². The number of nitrogens with two attached hydrogens (primary N) is 1. The lowest BCUT2D eigenvalue weighted by Crippen LogP contribution is -2.24. The van der Waals surface area contributed by atoms with Crippen LogP contribution in [0.25, 0.3) is 11.4 Å². The summed E-state index contributed by atoms with van der Waals surface area (Å²) in [4.78, 5) is 12.6. The van der Waals surface area contributed by atoms with E-state index in [2.05, 4.69) is 29.4 Å². The van der Waals surface area contributed by atoms with Crippen molar-refractivity contribution < 1.29 is 9.18 Å². The predicted octanol–water partition coefficient (Wildman–Crippen LogP) is 4.04. The minimum absolute atomic E-state index is 0.159. The number of benzene rings is 2. The van der Waals surface area contributed by atoms with Crippen molar-refractivity contribution in [1.82, 2.24) is 14.9 Å². The van der Waals surface area contributed by atoms with E-state index in [0.717, 1.165) is 11.3 Å². The molecule has 1 heterocycles. The van der Waals surface area contributed by atoms with Gasteiger partial charge in [-0.1, -0.05) is 55.9 Å². The second kappa shape index (κ2) is 8.43. The second-order valence-electron chi connectivity index (χ2n) is 6.68. The lowest BCUT2D eigenvalue weighted by molar-refractivity contribution is -0.115. The fourth-order valence-corrected chi connectivity index (χ4v) is 3.51. The molecule has 1 amide bonds. The maximum Gasteiger partial charge on any atom is 0.237 e. The SMILES string of the molecule is CC(C)c1ccccc1NC(=O)[C@H](C)Sc1nnc(-c2cccc(F)c2)n1N. The van der Waals surface area contributed by atoms with E-state index in [1.54, 1.807) is 19.1 Å². The first-order chi connectivity index (χ1) is 13.4. The Balaban J connectivity index is 1.73. The summed E-state index contributed by atoms with van der Waals surface area (Å²) in [6.07, 6.45) is 0. The van der Waals surface area contributed by atoms with Crippen LogP contribution in [0, 0.1) is 5.82 Å². The quantitative estimate of drug-likeness (QED) is 0.483. The molecule has 8 heteroatoms. The van der Waals surface area contributed by atoms with Gasteiger partial charge in [0.05, 0.1) is 5.25 Å². The smallest absolute Gasteiger partial charge is 0.237 e. The Kier molecular flexibility index (Phi) is 5.99. The molecular weight excluding hydrogens is 377 g/mol. The fourth-order valence-electron chi connectivity index (χ4n) is 2.74. The molecule has 0 spiro atoms. The third-order valence-corrected chi connectivity index (χ3v) is 5.30. The van der Waals surface area contributed by atoms with Gasteiger partial charge in [0.25, 0.3) is 0 Å². The first kappa shape index (κ1) is 19.9. The average Bonchev–Trinajstić information content (AvgIpc) is 3.02. The van der Waals surface area contributed by atoms with E-state index in [4.69, 9.17) is 5.84 Å². The summed E-state index contributed by atoms with van der Waals surface area (Å²) in [5.74, 6) is 6.15. The van der Waals surface area contributed by atoms with Gasteiger partial charge in [-0.05, 0) is 36.6 Å². The van der Waals surface area contributed by atoms with Crippen molar-refractivity contribution in [3.05, 3.63) is 59.9 Å². The van der Waals surface area contributed by atoms with Crippen LogP contribution in [0.3, 0.4) is 0 Å². The minimum atomic E-state index is -0.452. The molecule has 0 fully saturated rings. The first-order valence-corrected chi connectivity index (χ1v) is 9.77. The number of thioether (sulfide) groups is 1. The van der Waals surface area contributed by atoms with E-state index in [1.165, 1.54) is 28.6 Å². The summed E-state index contributed by atoms with van der Waals surface area (Å²) in [5.41, 5.74) is 2.39. The zero-order chi connectivity index (χ0) is 20.3. The molecule has 0 aliphatic heterocycles. The number of rotatable bonds is 6. The van der Waals surface area contributed by atoms with Crippen molar-refractivity contribution >= 4 is 23.4 Å². The Morgan fingerprint density at radius 1 is 1.14 bits per heavy atom. The van der Waals surface area contributed by atoms with Gasteiger partial charge in [0.15, 0.2) is 5.82 Å². The molecule has 0 unspecified atom stereocenters. The van der Waals surface area contributed by atoms with Crippen LogP contribution in [0.15, 0.2) is 53.7 Å². The van der Waals surface area contributed by atoms with Gasteiger partial charge in [-0.25, -0.2) is 9.07 Å². The highest BCUT2D eigenvalue weighted by molar-refractivity contribution is 8.00. The molecule has 1 atom stereocenters. The van der Waals surface area contributed by atoms with Gasteiger partial charge in [-0.2, -0.15) is 0 Å². The van der Waals surface area contributed by atoms with Crippen molar-refractivity contribution in [1.29, 1.82) is 0 Å². The monoisotopic (exact) mass is 399 g/mol. The molecule has 2 aromatic carbocycles. The topological polar surface area (TPSA) is 85.8 Å². The van der Waals surface area contributed by atoms with Gasteiger partial charge in [-0.3, -0.25) is 4.79 Å². The van der Waals surface area contributed by atoms with Crippen molar-refractivity contribution in [2.45, 2.75) is 37.1 Å². The van der Waals surface area contributed by atoms with Crippen LogP contribution in [0.2, 0.25) is 0 Å². The van der Waals surface area contributed by atoms with Crippen LogP contribution in [0.1, 0.15) is 32.3 Å². The molecule has 3 rings (SSSR count). The molecule has 1 aromatic heterocycles. The zero-order valence-corrected chi connectivity index (χ0v) is 16.7. The minimum Gasteiger partial charge on any atom is -0.335 e. The molecule has 0 saturated carbocycles. The van der Waals surface area contributed by atoms with Gasteiger partial charge in [0, 0.05) is 11.3 Å². The molecular formula is C20H22FN5OS. The third-order valence-electron chi connectivity index (χ3n) is 4.24. The second-order valence-corrected chi connectivity index (χ2v) is 7.99. The Morgan fingerprint density at radius 3 is 2.61 bits per heavy atom. The van der Waals surface area contributed by atoms with Gasteiger partial charge in [0.2, 0.25) is 11.1 Å². The van der Waals surface area contributed by atoms with Crippen LogP contribution in [-0.2, 0) is 4.79 Å². The number of carbonyl (C=O) groups is 1. The number of nitrogen functional groups attached to an aromatic ring is 1. The molecule has 0 saturated heterocycles. The zero-order valence-electron chi connectivity index (χ0n) is 15.9. The molecule has 0 aliphatic carbocycles. The largest absolute Gasteiger partial charge is 0.335 e. The van der Waals surface area contributed by atoms with E-state index in [-0.39, 0.29) is 11.7 Å². The molecule has 6 nitrogen and oxygen atoms in total. The molecule has 3 N–H and O–H groups in total. The normalized spacial score (nSPS) is 12.2. The number of aromatic nitrogens is 3. The predicted molar refractivity (Wildman–Crippen MR) is 110 cm³/mol. The van der Waals surface area contributed by atoms with Crippen LogP contribution < -0.4 is 11.2 Å². The van der Waals surface area contributed by atoms with Gasteiger partial charge in [-0.15, -0.1) is 10.2 Å². The van der Waals surface area contributed by atoms with Crippen LogP contribution in [-0.4, -0.2) is 26.0 Å². The maximum atomic E-state index is 13.4. The number of nitrogens with one attached hydrogen (secondary N) is 1. The van der Waals surface area contributed by atoms with Crippen molar-refractivity contribution in [2.24, 2.45) is 0 Å². The number of nitrogens with zero attached hydrogens (tertiary/aromatic N) is 3. The maximum absolute atomic E-state index is 13.4. The summed E-state index contributed by atoms with van der Waals surface area (Å²) in [5, 5.41) is 11.0. The van der Waals surface area contributed by atoms with E-state index in [1.807, 2.05) is 24.3 Å². The number of para-hydroxylation sites is 1. The summed E-state index contributed by atoms with van der Waals surface area (Å²) in [7, 11) is 0. The summed E-state index contributed by atoms with van der Waals surface area (Å²) < 4.78 is 14.7. The number of hydrogen-bond donors (Lipinski definition) is 2. The van der Waals surface area contributed by atoms with E-state index in [0.29, 0.717) is 22.5 Å². The standard InChI is InChI=1S/C20H22FN5OS/c1-12(2)16-9-4-5-10-17(16)23-19(27)13(3)28-20-25-24-18(26(20)22)14-7-6-8-15(21)11-14/h4-13H,22H2,1-3H3,(H,23,27)/t13-/m0/s1. The van der Waals surface area contributed by atoms with E-state index in [9.17, 15) is 9.18 Å². The van der Waals surface area contributed by atoms with Crippen molar-refractivity contribution in [2.75, 3.05) is 11.2 Å². The Morgan fingerprint density at radius 2 is 1.89 bits per heavy atom. The van der Waals surface area contributed by atoms with Gasteiger partial charge >= 0.3 is 0 Å². The molecule has 28 heavy (non-hydrogen) atoms. The lowest BCUT2D eigenvalue weighted by atomic mass is 10.0. The highest BCUT2D eigenvalue weighted by Crippen LogP contribution is 2.28. The number of amides is 1.